The predicted octanol–water partition coefficient (Wildman–Crippen LogP) is 2.79. The van der Waals surface area contributed by atoms with Gasteiger partial charge in [0, 0.05) is 19.5 Å². The highest BCUT2D eigenvalue weighted by Crippen LogP contribution is 2.12. The van der Waals surface area contributed by atoms with E-state index < -0.39 is 5.97 Å². The van der Waals surface area contributed by atoms with Gasteiger partial charge in [-0.3, -0.25) is 9.59 Å². The Hall–Kier alpha value is -2.56. The topological polar surface area (TPSA) is 70.8 Å². The summed E-state index contributed by atoms with van der Waals surface area (Å²) in [7, 11) is 0. The van der Waals surface area contributed by atoms with Crippen molar-refractivity contribution in [3.8, 4) is 0 Å². The van der Waals surface area contributed by atoms with Crippen molar-refractivity contribution < 1.29 is 19.1 Å². The summed E-state index contributed by atoms with van der Waals surface area (Å²) >= 11 is 0. The molecule has 1 aromatic heterocycles. The second-order valence-corrected chi connectivity index (χ2v) is 4.72. The summed E-state index contributed by atoms with van der Waals surface area (Å²) in [6.07, 6.45) is 3.32. The van der Waals surface area contributed by atoms with Crippen LogP contribution in [0.3, 0.4) is 0 Å². The molecule has 0 saturated heterocycles. The molecule has 5 nitrogen and oxygen atoms in total. The fourth-order valence-electron chi connectivity index (χ4n) is 2.05. The van der Waals surface area contributed by atoms with Crippen LogP contribution in [0.5, 0.6) is 0 Å². The minimum absolute atomic E-state index is 0.0456. The second kappa shape index (κ2) is 7.28. The van der Waals surface area contributed by atoms with E-state index in [4.69, 9.17) is 9.52 Å². The molecule has 0 spiro atoms. The number of nitrogens with zero attached hydrogens (tertiary/aromatic N) is 1. The SMILES string of the molecule is O=C(O)CCCN(Cc1ccccc1)C(=O)c1ccoc1. The predicted molar refractivity (Wildman–Crippen MR) is 76.8 cm³/mol. The normalized spacial score (nSPS) is 10.3. The van der Waals surface area contributed by atoms with E-state index in [1.807, 2.05) is 30.3 Å². The van der Waals surface area contributed by atoms with E-state index in [0.717, 1.165) is 5.56 Å². The zero-order valence-corrected chi connectivity index (χ0v) is 11.6. The van der Waals surface area contributed by atoms with Crippen LogP contribution in [-0.2, 0) is 11.3 Å². The lowest BCUT2D eigenvalue weighted by Gasteiger charge is -2.22. The Labute approximate surface area is 122 Å². The highest BCUT2D eigenvalue weighted by atomic mass is 16.4. The Kier molecular flexibility index (Phi) is 5.15. The van der Waals surface area contributed by atoms with Gasteiger partial charge in [-0.2, -0.15) is 0 Å². The van der Waals surface area contributed by atoms with Gasteiger partial charge in [-0.25, -0.2) is 0 Å². The summed E-state index contributed by atoms with van der Waals surface area (Å²) in [6, 6.07) is 11.2. The van der Waals surface area contributed by atoms with Crippen LogP contribution in [-0.4, -0.2) is 28.4 Å². The molecular formula is C16H17NO4. The summed E-state index contributed by atoms with van der Waals surface area (Å²) in [5.74, 6) is -1.01. The monoisotopic (exact) mass is 287 g/mol. The Bertz CT molecular complexity index is 578. The molecule has 21 heavy (non-hydrogen) atoms. The van der Waals surface area contributed by atoms with Crippen LogP contribution in [0.25, 0.3) is 0 Å². The number of aliphatic carboxylic acids is 1. The number of carboxylic acid groups (broad SMARTS) is 1. The van der Waals surface area contributed by atoms with Gasteiger partial charge in [-0.05, 0) is 18.1 Å². The molecule has 0 saturated carbocycles. The van der Waals surface area contributed by atoms with Crippen LogP contribution < -0.4 is 0 Å². The minimum Gasteiger partial charge on any atom is -0.481 e. The van der Waals surface area contributed by atoms with Crippen LogP contribution >= 0.6 is 0 Å². The first-order valence-electron chi connectivity index (χ1n) is 6.74. The van der Waals surface area contributed by atoms with E-state index >= 15 is 0 Å². The van der Waals surface area contributed by atoms with Crippen molar-refractivity contribution in [1.82, 2.24) is 4.90 Å². The van der Waals surface area contributed by atoms with E-state index in [1.165, 1.54) is 12.5 Å². The fourth-order valence-corrected chi connectivity index (χ4v) is 2.05. The Morgan fingerprint density at radius 1 is 1.14 bits per heavy atom. The van der Waals surface area contributed by atoms with Crippen molar-refractivity contribution >= 4 is 11.9 Å². The molecule has 5 heteroatoms. The first-order chi connectivity index (χ1) is 10.2. The minimum atomic E-state index is -0.856. The second-order valence-electron chi connectivity index (χ2n) is 4.72. The molecule has 1 aromatic carbocycles. The van der Waals surface area contributed by atoms with Gasteiger partial charge in [0.15, 0.2) is 0 Å². The number of hydrogen-bond donors (Lipinski definition) is 1. The Morgan fingerprint density at radius 3 is 2.52 bits per heavy atom. The van der Waals surface area contributed by atoms with Gasteiger partial charge >= 0.3 is 5.97 Å². The number of carbonyl (C=O) groups is 2. The molecule has 1 heterocycles. The molecule has 0 aliphatic rings. The number of furan rings is 1. The maximum Gasteiger partial charge on any atom is 0.303 e. The van der Waals surface area contributed by atoms with Gasteiger partial charge in [-0.15, -0.1) is 0 Å². The highest BCUT2D eigenvalue weighted by molar-refractivity contribution is 5.93. The quantitative estimate of drug-likeness (QED) is 0.850. The molecule has 0 radical (unpaired) electrons. The van der Waals surface area contributed by atoms with E-state index in [-0.39, 0.29) is 12.3 Å². The third-order valence-corrected chi connectivity index (χ3v) is 3.09. The molecule has 1 N–H and O–H groups in total. The third kappa shape index (κ3) is 4.49. The Morgan fingerprint density at radius 2 is 1.90 bits per heavy atom. The average Bonchev–Trinajstić information content (AvgIpc) is 3.00. The maximum atomic E-state index is 12.4. The van der Waals surface area contributed by atoms with Crippen molar-refractivity contribution in [2.45, 2.75) is 19.4 Å². The molecule has 0 unspecified atom stereocenters. The first kappa shape index (κ1) is 14.8. The number of carbonyl (C=O) groups excluding carboxylic acids is 1. The molecule has 0 aliphatic heterocycles. The number of carboxylic acids is 1. The first-order valence-corrected chi connectivity index (χ1v) is 6.74. The summed E-state index contributed by atoms with van der Waals surface area (Å²) < 4.78 is 4.94. The number of hydrogen-bond acceptors (Lipinski definition) is 3. The summed E-state index contributed by atoms with van der Waals surface area (Å²) in [5, 5.41) is 8.72. The van der Waals surface area contributed by atoms with Gasteiger partial charge in [-0.1, -0.05) is 30.3 Å². The highest BCUT2D eigenvalue weighted by Gasteiger charge is 2.17. The standard InChI is InChI=1S/C16H17NO4/c18-15(19)7-4-9-17(11-13-5-2-1-3-6-13)16(20)14-8-10-21-12-14/h1-3,5-6,8,10,12H,4,7,9,11H2,(H,18,19). The van der Waals surface area contributed by atoms with Crippen molar-refractivity contribution in [3.63, 3.8) is 0 Å². The lowest BCUT2D eigenvalue weighted by Crippen LogP contribution is -2.31. The van der Waals surface area contributed by atoms with Crippen LogP contribution in [0.4, 0.5) is 0 Å². The summed E-state index contributed by atoms with van der Waals surface area (Å²) in [5.41, 5.74) is 1.48. The molecule has 0 fully saturated rings. The van der Waals surface area contributed by atoms with Crippen LogP contribution in [0.15, 0.2) is 53.3 Å². The lowest BCUT2D eigenvalue weighted by molar-refractivity contribution is -0.137. The smallest absolute Gasteiger partial charge is 0.303 e. The molecule has 110 valence electrons. The lowest BCUT2D eigenvalue weighted by atomic mass is 10.2. The zero-order chi connectivity index (χ0) is 15.1. The van der Waals surface area contributed by atoms with Gasteiger partial charge in [0.05, 0.1) is 11.8 Å². The number of amides is 1. The van der Waals surface area contributed by atoms with Crippen molar-refractivity contribution in [3.05, 3.63) is 60.1 Å². The van der Waals surface area contributed by atoms with Crippen molar-refractivity contribution in [2.75, 3.05) is 6.54 Å². The zero-order valence-electron chi connectivity index (χ0n) is 11.6. The van der Waals surface area contributed by atoms with E-state index in [0.29, 0.717) is 25.1 Å². The van der Waals surface area contributed by atoms with Crippen molar-refractivity contribution in [2.24, 2.45) is 0 Å². The van der Waals surface area contributed by atoms with Crippen molar-refractivity contribution in [1.29, 1.82) is 0 Å². The van der Waals surface area contributed by atoms with Gasteiger partial charge < -0.3 is 14.4 Å². The molecule has 2 aromatic rings. The van der Waals surface area contributed by atoms with Gasteiger partial charge in [0.25, 0.3) is 5.91 Å². The molecule has 0 aliphatic carbocycles. The van der Waals surface area contributed by atoms with Crippen LogP contribution in [0.2, 0.25) is 0 Å². The maximum absolute atomic E-state index is 12.4. The number of benzene rings is 1. The average molecular weight is 287 g/mol. The Balaban J connectivity index is 2.06. The van der Waals surface area contributed by atoms with Gasteiger partial charge in [0.1, 0.15) is 6.26 Å². The van der Waals surface area contributed by atoms with E-state index in [1.54, 1.807) is 11.0 Å². The van der Waals surface area contributed by atoms with Gasteiger partial charge in [0.2, 0.25) is 0 Å². The third-order valence-electron chi connectivity index (χ3n) is 3.09. The van der Waals surface area contributed by atoms with Crippen LogP contribution in [0.1, 0.15) is 28.8 Å². The molecule has 0 bridgehead atoms. The van der Waals surface area contributed by atoms with Crippen LogP contribution in [0, 0.1) is 0 Å². The molecule has 1 amide bonds. The largest absolute Gasteiger partial charge is 0.481 e. The molecule has 2 rings (SSSR count). The fraction of sp³-hybridized carbons (Fsp3) is 0.250. The summed E-state index contributed by atoms with van der Waals surface area (Å²) in [4.78, 5) is 24.7. The van der Waals surface area contributed by atoms with E-state index in [9.17, 15) is 9.59 Å². The summed E-state index contributed by atoms with van der Waals surface area (Å²) in [6.45, 7) is 0.843. The molecular weight excluding hydrogens is 270 g/mol. The van der Waals surface area contributed by atoms with E-state index in [2.05, 4.69) is 0 Å². The number of rotatable bonds is 7. The molecule has 0 atom stereocenters.